The Morgan fingerprint density at radius 3 is 2.40 bits per heavy atom. The van der Waals surface area contributed by atoms with Crippen molar-refractivity contribution in [1.29, 1.82) is 0 Å². The molecule has 3 aromatic heterocycles. The number of benzene rings is 1. The van der Waals surface area contributed by atoms with Gasteiger partial charge in [0.25, 0.3) is 0 Å². The number of aromatic nitrogens is 6. The number of hydrogen-bond donors (Lipinski definition) is 2. The number of hydrogen-bond acceptors (Lipinski definition) is 10. The van der Waals surface area contributed by atoms with E-state index < -0.39 is 0 Å². The van der Waals surface area contributed by atoms with Crippen LogP contribution < -0.4 is 10.6 Å². The summed E-state index contributed by atoms with van der Waals surface area (Å²) in [4.78, 5) is 9.07. The van der Waals surface area contributed by atoms with Crippen LogP contribution in [0.3, 0.4) is 0 Å². The molecule has 96 valence electrons. The minimum Gasteiger partial charge on any atom is -0.316 e. The van der Waals surface area contributed by atoms with Crippen LogP contribution in [0.2, 0.25) is 0 Å². The Bertz CT molecular complexity index is 976. The molecule has 0 atom stereocenters. The highest BCUT2D eigenvalue weighted by molar-refractivity contribution is 7.00. The van der Waals surface area contributed by atoms with Crippen molar-refractivity contribution in [1.82, 2.24) is 29.0 Å². The fourth-order valence-electron chi connectivity index (χ4n) is 2.12. The van der Waals surface area contributed by atoms with Crippen molar-refractivity contribution >= 4 is 57.1 Å². The predicted molar refractivity (Wildman–Crippen MR) is 71.4 cm³/mol. The van der Waals surface area contributed by atoms with Gasteiger partial charge in [0.2, 0.25) is 11.6 Å². The molecule has 0 radical (unpaired) electrons. The molecule has 0 saturated heterocycles. The Balaban J connectivity index is 1.83. The van der Waals surface area contributed by atoms with E-state index in [9.17, 15) is 0 Å². The molecule has 0 saturated carbocycles. The first-order valence-corrected chi connectivity index (χ1v) is 6.41. The molecule has 1 aliphatic heterocycles. The third-order valence-electron chi connectivity index (χ3n) is 3.02. The van der Waals surface area contributed by atoms with Crippen LogP contribution in [0.5, 0.6) is 0 Å². The minimum atomic E-state index is 0.481. The van der Waals surface area contributed by atoms with Crippen molar-refractivity contribution in [2.75, 3.05) is 10.6 Å². The Morgan fingerprint density at radius 1 is 0.800 bits per heavy atom. The maximum absolute atomic E-state index is 4.65. The van der Waals surface area contributed by atoms with Crippen molar-refractivity contribution in [3.05, 3.63) is 12.1 Å². The molecule has 0 unspecified atom stereocenters. The summed E-state index contributed by atoms with van der Waals surface area (Å²) in [5.74, 6) is 2.10. The molecule has 1 aliphatic rings. The number of nitrogens with one attached hydrogen (secondary N) is 2. The van der Waals surface area contributed by atoms with E-state index in [-0.39, 0.29) is 0 Å². The summed E-state index contributed by atoms with van der Waals surface area (Å²) in [6, 6.07) is 3.74. The summed E-state index contributed by atoms with van der Waals surface area (Å²) in [6.45, 7) is 0. The first-order valence-electron chi connectivity index (χ1n) is 5.68. The quantitative estimate of drug-likeness (QED) is 0.439. The SMILES string of the molecule is c1cc2nc3c(nc2c2nsnc12)Nc1nonc1N3. The average molecular weight is 284 g/mol. The molecular formula is C10H4N8OS. The summed E-state index contributed by atoms with van der Waals surface area (Å²) < 4.78 is 13.1. The molecule has 0 fully saturated rings. The predicted octanol–water partition coefficient (Wildman–Crippen LogP) is 1.82. The van der Waals surface area contributed by atoms with Crippen LogP contribution in [-0.4, -0.2) is 29.0 Å². The van der Waals surface area contributed by atoms with Crippen LogP contribution in [0.1, 0.15) is 0 Å². The van der Waals surface area contributed by atoms with Crippen molar-refractivity contribution < 1.29 is 4.63 Å². The summed E-state index contributed by atoms with van der Waals surface area (Å²) >= 11 is 1.15. The van der Waals surface area contributed by atoms with Crippen molar-refractivity contribution in [3.63, 3.8) is 0 Å². The fraction of sp³-hybridized carbons (Fsp3) is 0. The standard InChI is InChI=1S/C10H4N8OS/c1-2-4-6(18-20-17-4)5-3(1)11-7-8(12-5)14-10-9(13-7)15-19-16-10/h1-2H,(H,11,13,15)(H,12,14,16). The van der Waals surface area contributed by atoms with Crippen molar-refractivity contribution in [2.45, 2.75) is 0 Å². The Hall–Kier alpha value is -2.88. The first kappa shape index (κ1) is 9.97. The number of anilines is 4. The molecule has 0 amide bonds. The maximum atomic E-state index is 4.65. The lowest BCUT2D eigenvalue weighted by Crippen LogP contribution is -2.09. The third kappa shape index (κ3) is 1.20. The van der Waals surface area contributed by atoms with Gasteiger partial charge in [0, 0.05) is 0 Å². The molecule has 2 N–H and O–H groups in total. The van der Waals surface area contributed by atoms with Gasteiger partial charge in [0.1, 0.15) is 16.6 Å². The van der Waals surface area contributed by atoms with Crippen LogP contribution >= 0.6 is 11.7 Å². The number of fused-ring (bicyclic) bond motifs is 5. The topological polar surface area (TPSA) is 115 Å². The molecule has 10 heteroatoms. The zero-order valence-electron chi connectivity index (χ0n) is 9.65. The third-order valence-corrected chi connectivity index (χ3v) is 3.56. The number of rotatable bonds is 0. The molecule has 0 spiro atoms. The average Bonchev–Trinajstić information content (AvgIpc) is 3.10. The van der Waals surface area contributed by atoms with E-state index in [1.807, 2.05) is 12.1 Å². The Morgan fingerprint density at radius 2 is 1.55 bits per heavy atom. The highest BCUT2D eigenvalue weighted by Gasteiger charge is 2.22. The molecule has 20 heavy (non-hydrogen) atoms. The lowest BCUT2D eigenvalue weighted by atomic mass is 10.2. The van der Waals surface area contributed by atoms with Crippen LogP contribution in [0, 0.1) is 0 Å². The second kappa shape index (κ2) is 3.36. The van der Waals surface area contributed by atoms with Gasteiger partial charge in [0.15, 0.2) is 11.6 Å². The highest BCUT2D eigenvalue weighted by atomic mass is 32.1. The van der Waals surface area contributed by atoms with E-state index in [0.717, 1.165) is 28.3 Å². The van der Waals surface area contributed by atoms with Crippen LogP contribution in [0.4, 0.5) is 23.3 Å². The van der Waals surface area contributed by atoms with Crippen LogP contribution in [0.25, 0.3) is 22.1 Å². The lowest BCUT2D eigenvalue weighted by Gasteiger charge is -2.15. The Kier molecular flexibility index (Phi) is 1.68. The molecular weight excluding hydrogens is 280 g/mol. The second-order valence-electron chi connectivity index (χ2n) is 4.20. The lowest BCUT2D eigenvalue weighted by molar-refractivity contribution is 0.311. The van der Waals surface area contributed by atoms with E-state index in [1.165, 1.54) is 0 Å². The van der Waals surface area contributed by atoms with Gasteiger partial charge >= 0.3 is 0 Å². The first-order chi connectivity index (χ1) is 9.88. The van der Waals surface area contributed by atoms with Gasteiger partial charge in [0.05, 0.1) is 17.2 Å². The van der Waals surface area contributed by atoms with Crippen LogP contribution in [-0.2, 0) is 0 Å². The van der Waals surface area contributed by atoms with E-state index >= 15 is 0 Å². The smallest absolute Gasteiger partial charge is 0.221 e. The largest absolute Gasteiger partial charge is 0.316 e. The molecule has 1 aromatic carbocycles. The normalized spacial score (nSPS) is 12.8. The van der Waals surface area contributed by atoms with Gasteiger partial charge in [-0.05, 0) is 22.4 Å². The number of nitrogens with zero attached hydrogens (tertiary/aromatic N) is 6. The molecule has 9 nitrogen and oxygen atoms in total. The van der Waals surface area contributed by atoms with Gasteiger partial charge in [-0.1, -0.05) is 0 Å². The zero-order valence-corrected chi connectivity index (χ0v) is 10.5. The molecule has 4 aromatic rings. The minimum absolute atomic E-state index is 0.481. The van der Waals surface area contributed by atoms with Gasteiger partial charge in [-0.25, -0.2) is 14.6 Å². The molecule has 0 aliphatic carbocycles. The molecule has 5 rings (SSSR count). The zero-order chi connectivity index (χ0) is 13.1. The second-order valence-corrected chi connectivity index (χ2v) is 4.73. The van der Waals surface area contributed by atoms with Gasteiger partial charge in [-0.2, -0.15) is 8.75 Å². The monoisotopic (exact) mass is 284 g/mol. The summed E-state index contributed by atoms with van der Waals surface area (Å²) in [6.07, 6.45) is 0. The van der Waals surface area contributed by atoms with E-state index in [1.54, 1.807) is 0 Å². The van der Waals surface area contributed by atoms with Crippen molar-refractivity contribution in [2.24, 2.45) is 0 Å². The van der Waals surface area contributed by atoms with E-state index in [0.29, 0.717) is 28.8 Å². The van der Waals surface area contributed by atoms with E-state index in [2.05, 4.69) is 44.3 Å². The summed E-state index contributed by atoms with van der Waals surface area (Å²) in [5.41, 5.74) is 2.99. The maximum Gasteiger partial charge on any atom is 0.221 e. The van der Waals surface area contributed by atoms with Crippen molar-refractivity contribution in [3.8, 4) is 0 Å². The molecule has 4 heterocycles. The van der Waals surface area contributed by atoms with Gasteiger partial charge < -0.3 is 10.6 Å². The van der Waals surface area contributed by atoms with Gasteiger partial charge in [-0.15, -0.1) is 0 Å². The van der Waals surface area contributed by atoms with E-state index in [4.69, 9.17) is 0 Å². The fourth-order valence-corrected chi connectivity index (χ4v) is 2.65. The summed E-state index contributed by atoms with van der Waals surface area (Å²) in [5, 5.41) is 13.5. The highest BCUT2D eigenvalue weighted by Crippen LogP contribution is 2.35. The summed E-state index contributed by atoms with van der Waals surface area (Å²) in [7, 11) is 0. The Labute approximate surface area is 114 Å². The van der Waals surface area contributed by atoms with Crippen LogP contribution in [0.15, 0.2) is 16.8 Å². The van der Waals surface area contributed by atoms with Gasteiger partial charge in [-0.3, -0.25) is 0 Å². The molecule has 0 bridgehead atoms.